The molecular formula is C15H18F2N2O2. The minimum absolute atomic E-state index is 0.0141. The molecule has 1 aliphatic heterocycles. The third kappa shape index (κ3) is 3.37. The van der Waals surface area contributed by atoms with Crippen LogP contribution in [0.2, 0.25) is 0 Å². The van der Waals surface area contributed by atoms with Crippen molar-refractivity contribution in [3.8, 4) is 0 Å². The highest BCUT2D eigenvalue weighted by atomic mass is 19.1. The summed E-state index contributed by atoms with van der Waals surface area (Å²) in [6, 6.07) is 3.08. The van der Waals surface area contributed by atoms with Crippen LogP contribution in [0.5, 0.6) is 0 Å². The molecule has 1 fully saturated rings. The van der Waals surface area contributed by atoms with E-state index in [1.807, 2.05) is 13.8 Å². The second kappa shape index (κ2) is 6.20. The number of nitrogens with zero attached hydrogens (tertiary/aromatic N) is 1. The van der Waals surface area contributed by atoms with Crippen LogP contribution in [0.3, 0.4) is 0 Å². The molecule has 1 N–H and O–H groups in total. The van der Waals surface area contributed by atoms with Crippen LogP contribution in [0.4, 0.5) is 14.5 Å². The molecule has 0 spiro atoms. The first-order valence-electron chi connectivity index (χ1n) is 6.98. The molecule has 114 valence electrons. The fourth-order valence-corrected chi connectivity index (χ4v) is 2.28. The second-order valence-corrected chi connectivity index (χ2v) is 5.32. The number of carbonyl (C=O) groups excluding carboxylic acids is 2. The Labute approximate surface area is 122 Å². The molecule has 0 radical (unpaired) electrons. The van der Waals surface area contributed by atoms with Gasteiger partial charge in [-0.15, -0.1) is 0 Å². The first kappa shape index (κ1) is 15.4. The van der Waals surface area contributed by atoms with Gasteiger partial charge in [-0.25, -0.2) is 8.78 Å². The maximum atomic E-state index is 13.7. The summed E-state index contributed by atoms with van der Waals surface area (Å²) >= 11 is 0. The van der Waals surface area contributed by atoms with E-state index in [0.717, 1.165) is 18.6 Å². The summed E-state index contributed by atoms with van der Waals surface area (Å²) < 4.78 is 26.6. The summed E-state index contributed by atoms with van der Waals surface area (Å²) in [5, 5.41) is 2.82. The highest BCUT2D eigenvalue weighted by Gasteiger charge is 2.36. The summed E-state index contributed by atoms with van der Waals surface area (Å²) in [6.07, 6.45) is 0.835. The van der Waals surface area contributed by atoms with Gasteiger partial charge in [0.1, 0.15) is 11.6 Å². The second-order valence-electron chi connectivity index (χ2n) is 5.32. The number of carbonyl (C=O) groups is 2. The third-order valence-electron chi connectivity index (χ3n) is 3.70. The Morgan fingerprint density at radius 2 is 2.19 bits per heavy atom. The van der Waals surface area contributed by atoms with E-state index < -0.39 is 17.6 Å². The number of benzene rings is 1. The molecule has 1 saturated heterocycles. The van der Waals surface area contributed by atoms with Crippen LogP contribution in [0.1, 0.15) is 26.7 Å². The fraction of sp³-hybridized carbons (Fsp3) is 0.467. The largest absolute Gasteiger partial charge is 0.353 e. The van der Waals surface area contributed by atoms with Gasteiger partial charge in [-0.1, -0.05) is 6.92 Å². The van der Waals surface area contributed by atoms with E-state index in [0.29, 0.717) is 0 Å². The zero-order valence-corrected chi connectivity index (χ0v) is 12.0. The van der Waals surface area contributed by atoms with Gasteiger partial charge in [0.2, 0.25) is 11.8 Å². The first-order chi connectivity index (χ1) is 9.92. The molecule has 2 amide bonds. The number of hydrogen-bond acceptors (Lipinski definition) is 2. The van der Waals surface area contributed by atoms with E-state index in [2.05, 4.69) is 5.32 Å². The average Bonchev–Trinajstić information content (AvgIpc) is 2.80. The van der Waals surface area contributed by atoms with Crippen LogP contribution in [0, 0.1) is 17.6 Å². The zero-order chi connectivity index (χ0) is 15.6. The van der Waals surface area contributed by atoms with Gasteiger partial charge in [0, 0.05) is 25.1 Å². The van der Waals surface area contributed by atoms with E-state index in [-0.39, 0.29) is 36.5 Å². The van der Waals surface area contributed by atoms with E-state index in [1.54, 1.807) is 0 Å². The normalized spacial score (nSPS) is 19.7. The molecule has 0 aromatic heterocycles. The molecule has 21 heavy (non-hydrogen) atoms. The number of amides is 2. The van der Waals surface area contributed by atoms with E-state index in [9.17, 15) is 18.4 Å². The monoisotopic (exact) mass is 296 g/mol. The molecule has 0 saturated carbocycles. The van der Waals surface area contributed by atoms with Crippen molar-refractivity contribution in [3.05, 3.63) is 29.8 Å². The van der Waals surface area contributed by atoms with Crippen LogP contribution in [-0.2, 0) is 9.59 Å². The van der Waals surface area contributed by atoms with Crippen LogP contribution in [-0.4, -0.2) is 24.4 Å². The predicted molar refractivity (Wildman–Crippen MR) is 74.7 cm³/mol. The molecule has 2 atom stereocenters. The lowest BCUT2D eigenvalue weighted by atomic mass is 10.1. The molecule has 1 aromatic carbocycles. The molecule has 0 aliphatic carbocycles. The highest BCUT2D eigenvalue weighted by molar-refractivity contribution is 6.00. The van der Waals surface area contributed by atoms with Gasteiger partial charge in [-0.2, -0.15) is 0 Å². The first-order valence-corrected chi connectivity index (χ1v) is 6.98. The standard InChI is InChI=1S/C15H18F2N2O2/c1-3-9(2)18-15(21)10-6-14(20)19(8-10)13-5-4-11(16)7-12(13)17/h4-5,7,9-10H,3,6,8H2,1-2H3,(H,18,21). The molecule has 6 heteroatoms. The van der Waals surface area contributed by atoms with Gasteiger partial charge in [-0.3, -0.25) is 9.59 Å². The molecule has 2 rings (SSSR count). The van der Waals surface area contributed by atoms with Crippen LogP contribution in [0.25, 0.3) is 0 Å². The predicted octanol–water partition coefficient (Wildman–Crippen LogP) is 2.23. The smallest absolute Gasteiger partial charge is 0.227 e. The van der Waals surface area contributed by atoms with Crippen molar-refractivity contribution in [2.45, 2.75) is 32.7 Å². The summed E-state index contributed by atoms with van der Waals surface area (Å²) in [7, 11) is 0. The van der Waals surface area contributed by atoms with Gasteiger partial charge in [0.25, 0.3) is 0 Å². The number of anilines is 1. The maximum Gasteiger partial charge on any atom is 0.227 e. The molecule has 1 aromatic rings. The minimum Gasteiger partial charge on any atom is -0.353 e. The fourth-order valence-electron chi connectivity index (χ4n) is 2.28. The van der Waals surface area contributed by atoms with Gasteiger partial charge < -0.3 is 10.2 Å². The number of rotatable bonds is 4. The molecule has 1 heterocycles. The van der Waals surface area contributed by atoms with Crippen molar-refractivity contribution in [1.29, 1.82) is 0 Å². The van der Waals surface area contributed by atoms with Crippen LogP contribution < -0.4 is 10.2 Å². The van der Waals surface area contributed by atoms with Gasteiger partial charge >= 0.3 is 0 Å². The Morgan fingerprint density at radius 1 is 1.48 bits per heavy atom. The Hall–Kier alpha value is -1.98. The van der Waals surface area contributed by atoms with Gasteiger partial charge in [-0.05, 0) is 25.5 Å². The number of nitrogens with one attached hydrogen (secondary N) is 1. The average molecular weight is 296 g/mol. The van der Waals surface area contributed by atoms with Crippen LogP contribution in [0.15, 0.2) is 18.2 Å². The summed E-state index contributed by atoms with van der Waals surface area (Å²) in [5.41, 5.74) is 0.0141. The van der Waals surface area contributed by atoms with Gasteiger partial charge in [0.05, 0.1) is 11.6 Å². The Bertz CT molecular complexity index is 563. The van der Waals surface area contributed by atoms with Crippen molar-refractivity contribution < 1.29 is 18.4 Å². The van der Waals surface area contributed by atoms with E-state index >= 15 is 0 Å². The van der Waals surface area contributed by atoms with Crippen molar-refractivity contribution in [2.75, 3.05) is 11.4 Å². The maximum absolute atomic E-state index is 13.7. The van der Waals surface area contributed by atoms with Crippen molar-refractivity contribution in [3.63, 3.8) is 0 Å². The van der Waals surface area contributed by atoms with Crippen molar-refractivity contribution in [1.82, 2.24) is 5.32 Å². The number of hydrogen-bond donors (Lipinski definition) is 1. The van der Waals surface area contributed by atoms with Gasteiger partial charge in [0.15, 0.2) is 0 Å². The summed E-state index contributed by atoms with van der Waals surface area (Å²) in [4.78, 5) is 25.2. The minimum atomic E-state index is -0.800. The van der Waals surface area contributed by atoms with Crippen LogP contribution >= 0.6 is 0 Å². The molecular weight excluding hydrogens is 278 g/mol. The molecule has 2 unspecified atom stereocenters. The highest BCUT2D eigenvalue weighted by Crippen LogP contribution is 2.28. The summed E-state index contributed by atoms with van der Waals surface area (Å²) in [5.74, 6) is -2.54. The Morgan fingerprint density at radius 3 is 2.81 bits per heavy atom. The number of halogens is 2. The summed E-state index contributed by atoms with van der Waals surface area (Å²) in [6.45, 7) is 3.95. The quantitative estimate of drug-likeness (QED) is 0.926. The van der Waals surface area contributed by atoms with E-state index in [4.69, 9.17) is 0 Å². The lowest BCUT2D eigenvalue weighted by molar-refractivity contribution is -0.126. The molecule has 0 bridgehead atoms. The van der Waals surface area contributed by atoms with Crippen molar-refractivity contribution in [2.24, 2.45) is 5.92 Å². The SMILES string of the molecule is CCC(C)NC(=O)C1CC(=O)N(c2ccc(F)cc2F)C1. The third-order valence-corrected chi connectivity index (χ3v) is 3.70. The molecule has 4 nitrogen and oxygen atoms in total. The zero-order valence-electron chi connectivity index (χ0n) is 12.0. The van der Waals surface area contributed by atoms with Crippen molar-refractivity contribution >= 4 is 17.5 Å². The van der Waals surface area contributed by atoms with E-state index in [1.165, 1.54) is 11.0 Å². The lowest BCUT2D eigenvalue weighted by Gasteiger charge is -2.18. The Balaban J connectivity index is 2.11. The Kier molecular flexibility index (Phi) is 4.55. The molecule has 1 aliphatic rings. The lowest BCUT2D eigenvalue weighted by Crippen LogP contribution is -2.38. The topological polar surface area (TPSA) is 49.4 Å².